The van der Waals surface area contributed by atoms with Crippen molar-refractivity contribution in [3.63, 3.8) is 0 Å². The van der Waals surface area contributed by atoms with E-state index in [4.69, 9.17) is 21.1 Å². The molecular formula is C19H19ClFNO3. The lowest BCUT2D eigenvalue weighted by atomic mass is 10.0. The number of benzene rings is 2. The first-order valence-electron chi connectivity index (χ1n) is 8.03. The lowest BCUT2D eigenvalue weighted by Crippen LogP contribution is -2.31. The Hall–Kier alpha value is -2.27. The van der Waals surface area contributed by atoms with Crippen LogP contribution in [0, 0.1) is 5.82 Å². The molecule has 1 aliphatic rings. The van der Waals surface area contributed by atoms with E-state index in [1.807, 2.05) is 18.2 Å². The number of nitrogens with zero attached hydrogens (tertiary/aromatic N) is 1. The molecule has 0 aliphatic carbocycles. The summed E-state index contributed by atoms with van der Waals surface area (Å²) in [5, 5.41) is 0.339. The normalized spacial score (nSPS) is 16.8. The summed E-state index contributed by atoms with van der Waals surface area (Å²) in [5.74, 6) is 0.320. The summed E-state index contributed by atoms with van der Waals surface area (Å²) in [6.07, 6.45) is 1.66. The van der Waals surface area contributed by atoms with Crippen molar-refractivity contribution >= 4 is 17.5 Å². The molecular weight excluding hydrogens is 345 g/mol. The molecule has 0 bridgehead atoms. The van der Waals surface area contributed by atoms with Crippen molar-refractivity contribution in [1.82, 2.24) is 4.90 Å². The van der Waals surface area contributed by atoms with E-state index in [1.165, 1.54) is 18.2 Å². The Morgan fingerprint density at radius 2 is 1.92 bits per heavy atom. The summed E-state index contributed by atoms with van der Waals surface area (Å²) in [4.78, 5) is 14.5. The van der Waals surface area contributed by atoms with E-state index in [2.05, 4.69) is 0 Å². The monoisotopic (exact) mass is 363 g/mol. The smallest absolute Gasteiger partial charge is 0.257 e. The van der Waals surface area contributed by atoms with Crippen LogP contribution in [0.15, 0.2) is 36.4 Å². The predicted octanol–water partition coefficient (Wildman–Crippen LogP) is 4.47. The predicted molar refractivity (Wildman–Crippen MR) is 94.0 cm³/mol. The van der Waals surface area contributed by atoms with Gasteiger partial charge in [0.2, 0.25) is 0 Å². The number of carbonyl (C=O) groups excluding carboxylic acids is 1. The fourth-order valence-electron chi connectivity index (χ4n) is 3.23. The van der Waals surface area contributed by atoms with Crippen LogP contribution in [-0.2, 0) is 0 Å². The third kappa shape index (κ3) is 3.42. The molecule has 0 spiro atoms. The minimum Gasteiger partial charge on any atom is -0.493 e. The largest absolute Gasteiger partial charge is 0.493 e. The third-order valence-corrected chi connectivity index (χ3v) is 4.70. The Labute approximate surface area is 151 Å². The molecule has 0 aromatic heterocycles. The van der Waals surface area contributed by atoms with Crippen LogP contribution in [0.5, 0.6) is 11.5 Å². The first-order valence-corrected chi connectivity index (χ1v) is 8.41. The molecule has 132 valence electrons. The number of amides is 1. The van der Waals surface area contributed by atoms with Crippen molar-refractivity contribution in [3.8, 4) is 11.5 Å². The van der Waals surface area contributed by atoms with Crippen molar-refractivity contribution in [3.05, 3.63) is 58.4 Å². The number of rotatable bonds is 4. The highest BCUT2D eigenvalue weighted by atomic mass is 35.5. The number of hydrogen-bond acceptors (Lipinski definition) is 3. The van der Waals surface area contributed by atoms with E-state index in [1.54, 1.807) is 19.1 Å². The summed E-state index contributed by atoms with van der Waals surface area (Å²) in [6, 6.07) is 9.49. The lowest BCUT2D eigenvalue weighted by Gasteiger charge is -2.26. The molecule has 1 heterocycles. The van der Waals surface area contributed by atoms with Crippen molar-refractivity contribution < 1.29 is 18.7 Å². The molecule has 4 nitrogen and oxygen atoms in total. The van der Waals surface area contributed by atoms with Gasteiger partial charge in [0.05, 0.1) is 25.8 Å². The Morgan fingerprint density at radius 3 is 2.64 bits per heavy atom. The average Bonchev–Trinajstić information content (AvgIpc) is 3.12. The summed E-state index contributed by atoms with van der Waals surface area (Å²) >= 11 is 5.93. The summed E-state index contributed by atoms with van der Waals surface area (Å²) < 4.78 is 24.7. The summed E-state index contributed by atoms with van der Waals surface area (Å²) in [6.45, 7) is 0.573. The van der Waals surface area contributed by atoms with Gasteiger partial charge in [-0.05, 0) is 48.7 Å². The highest BCUT2D eigenvalue weighted by molar-refractivity contribution is 6.31. The Kier molecular flexibility index (Phi) is 5.13. The van der Waals surface area contributed by atoms with Crippen LogP contribution in [0.3, 0.4) is 0 Å². The SMILES string of the molecule is COc1ccc(C2CCCN2C(=O)c2cc(Cl)ccc2F)cc1OC. The van der Waals surface area contributed by atoms with E-state index in [9.17, 15) is 9.18 Å². The Morgan fingerprint density at radius 1 is 1.16 bits per heavy atom. The minimum absolute atomic E-state index is 0.000114. The number of ether oxygens (including phenoxy) is 2. The first-order chi connectivity index (χ1) is 12.0. The molecule has 3 rings (SSSR count). The van der Waals surface area contributed by atoms with Gasteiger partial charge < -0.3 is 14.4 Å². The zero-order valence-corrected chi connectivity index (χ0v) is 14.8. The molecule has 0 radical (unpaired) electrons. The van der Waals surface area contributed by atoms with E-state index in [0.29, 0.717) is 23.1 Å². The zero-order valence-electron chi connectivity index (χ0n) is 14.1. The van der Waals surface area contributed by atoms with Gasteiger partial charge in [0.15, 0.2) is 11.5 Å². The van der Waals surface area contributed by atoms with Crippen LogP contribution < -0.4 is 9.47 Å². The Balaban J connectivity index is 1.92. The number of hydrogen-bond donors (Lipinski definition) is 0. The summed E-state index contributed by atoms with van der Waals surface area (Å²) in [5.41, 5.74) is 0.936. The molecule has 1 amide bonds. The van der Waals surface area contributed by atoms with Gasteiger partial charge in [0.25, 0.3) is 5.91 Å². The van der Waals surface area contributed by atoms with Crippen LogP contribution in [0.4, 0.5) is 4.39 Å². The number of carbonyl (C=O) groups is 1. The molecule has 0 N–H and O–H groups in total. The van der Waals surface area contributed by atoms with Gasteiger partial charge in [-0.25, -0.2) is 4.39 Å². The van der Waals surface area contributed by atoms with Crippen LogP contribution in [-0.4, -0.2) is 31.6 Å². The zero-order chi connectivity index (χ0) is 18.0. The first kappa shape index (κ1) is 17.5. The van der Waals surface area contributed by atoms with Crippen molar-refractivity contribution in [2.75, 3.05) is 20.8 Å². The standard InChI is InChI=1S/C19H19ClFNO3/c1-24-17-8-5-12(10-18(17)25-2)16-4-3-9-22(16)19(23)14-11-13(20)6-7-15(14)21/h5-8,10-11,16H,3-4,9H2,1-2H3. The second kappa shape index (κ2) is 7.31. The van der Waals surface area contributed by atoms with Crippen LogP contribution in [0.25, 0.3) is 0 Å². The molecule has 1 fully saturated rings. The third-order valence-electron chi connectivity index (χ3n) is 4.46. The highest BCUT2D eigenvalue weighted by Gasteiger charge is 2.32. The molecule has 1 unspecified atom stereocenters. The molecule has 25 heavy (non-hydrogen) atoms. The van der Waals surface area contributed by atoms with Crippen molar-refractivity contribution in [2.45, 2.75) is 18.9 Å². The van der Waals surface area contributed by atoms with Gasteiger partial charge >= 0.3 is 0 Å². The second-order valence-electron chi connectivity index (χ2n) is 5.90. The molecule has 6 heteroatoms. The molecule has 1 atom stereocenters. The average molecular weight is 364 g/mol. The maximum atomic E-state index is 14.1. The minimum atomic E-state index is -0.563. The fraction of sp³-hybridized carbons (Fsp3) is 0.316. The highest BCUT2D eigenvalue weighted by Crippen LogP contribution is 2.37. The van der Waals surface area contributed by atoms with E-state index in [0.717, 1.165) is 18.4 Å². The van der Waals surface area contributed by atoms with Crippen molar-refractivity contribution in [1.29, 1.82) is 0 Å². The van der Waals surface area contributed by atoms with E-state index < -0.39 is 5.82 Å². The van der Waals surface area contributed by atoms with Gasteiger partial charge in [0.1, 0.15) is 5.82 Å². The molecule has 2 aromatic carbocycles. The number of halogens is 2. The van der Waals surface area contributed by atoms with Gasteiger partial charge in [-0.2, -0.15) is 0 Å². The van der Waals surface area contributed by atoms with Gasteiger partial charge in [-0.3, -0.25) is 4.79 Å². The molecule has 1 saturated heterocycles. The van der Waals surface area contributed by atoms with E-state index in [-0.39, 0.29) is 17.5 Å². The van der Waals surface area contributed by atoms with Gasteiger partial charge in [0, 0.05) is 11.6 Å². The molecule has 2 aromatic rings. The maximum absolute atomic E-state index is 14.1. The van der Waals surface area contributed by atoms with Crippen LogP contribution in [0.2, 0.25) is 5.02 Å². The fourth-order valence-corrected chi connectivity index (χ4v) is 3.40. The second-order valence-corrected chi connectivity index (χ2v) is 6.33. The van der Waals surface area contributed by atoms with Crippen molar-refractivity contribution in [2.24, 2.45) is 0 Å². The number of likely N-dealkylation sites (tertiary alicyclic amines) is 1. The Bertz CT molecular complexity index is 796. The van der Waals surface area contributed by atoms with E-state index >= 15 is 0 Å². The van der Waals surface area contributed by atoms with Gasteiger partial charge in [-0.15, -0.1) is 0 Å². The molecule has 0 saturated carbocycles. The van der Waals surface area contributed by atoms with Gasteiger partial charge in [-0.1, -0.05) is 17.7 Å². The van der Waals surface area contributed by atoms with Crippen LogP contribution in [0.1, 0.15) is 34.8 Å². The van der Waals surface area contributed by atoms with Crippen LogP contribution >= 0.6 is 11.6 Å². The lowest BCUT2D eigenvalue weighted by molar-refractivity contribution is 0.0730. The topological polar surface area (TPSA) is 38.8 Å². The molecule has 1 aliphatic heterocycles. The quantitative estimate of drug-likeness (QED) is 0.804. The summed E-state index contributed by atoms with van der Waals surface area (Å²) in [7, 11) is 3.14. The maximum Gasteiger partial charge on any atom is 0.257 e. The number of methoxy groups -OCH3 is 2.